The van der Waals surface area contributed by atoms with Gasteiger partial charge >= 0.3 is 23.1 Å². The van der Waals surface area contributed by atoms with Crippen LogP contribution in [-0.4, -0.2) is 69.5 Å². The van der Waals surface area contributed by atoms with Gasteiger partial charge in [0, 0.05) is 24.4 Å². The Morgan fingerprint density at radius 3 is 1.62 bits per heavy atom. The summed E-state index contributed by atoms with van der Waals surface area (Å²) in [6.07, 6.45) is 15.8. The number of likely N-dealkylation sites (N-methyl/N-ethyl adjacent to an activating group) is 1. The summed E-state index contributed by atoms with van der Waals surface area (Å²) in [7, 11) is 1.73. The first-order valence-electron chi connectivity index (χ1n) is 20.4. The molecule has 1 heterocycles. The Balaban J connectivity index is 0.000000282. The number of hydrogen-bond donors (Lipinski definition) is 1. The molecule has 0 bridgehead atoms. The molecule has 3 aromatic carbocycles. The molecular formula is C47H59BrClMgN3O5. The normalized spacial score (nSPS) is 19.5. The summed E-state index contributed by atoms with van der Waals surface area (Å²) in [5.41, 5.74) is 9.99. The van der Waals surface area contributed by atoms with E-state index in [1.165, 1.54) is 42.6 Å². The molecule has 3 aliphatic carbocycles. The smallest absolute Gasteiger partial charge is 1.00 e. The molecule has 0 aromatic heterocycles. The number of carbonyl (C=O) groups excluding carboxylic acids is 5. The number of ketones is 3. The van der Waals surface area contributed by atoms with Crippen molar-refractivity contribution in [2.45, 2.75) is 123 Å². The van der Waals surface area contributed by atoms with Gasteiger partial charge in [0.1, 0.15) is 0 Å². The Hall–Kier alpha value is -3.18. The van der Waals surface area contributed by atoms with Crippen molar-refractivity contribution in [2.75, 3.05) is 7.05 Å². The van der Waals surface area contributed by atoms with Gasteiger partial charge in [-0.25, -0.2) is 4.99 Å². The maximum atomic E-state index is 13.0. The van der Waals surface area contributed by atoms with E-state index in [2.05, 4.69) is 19.1 Å². The monoisotopic (exact) mass is 883 g/mol. The molecule has 1 atom stereocenters. The number of hydrogen-bond acceptors (Lipinski definition) is 7. The van der Waals surface area contributed by atoms with Gasteiger partial charge in [-0.2, -0.15) is 35.9 Å². The fraction of sp³-hybridized carbons (Fsp3) is 0.489. The van der Waals surface area contributed by atoms with Crippen LogP contribution in [0.3, 0.4) is 0 Å². The maximum Gasteiger partial charge on any atom is 2.00 e. The molecule has 3 fully saturated rings. The van der Waals surface area contributed by atoms with Gasteiger partial charge in [-0.1, -0.05) is 113 Å². The Morgan fingerprint density at radius 1 is 0.707 bits per heavy atom. The van der Waals surface area contributed by atoms with E-state index in [1.54, 1.807) is 13.1 Å². The van der Waals surface area contributed by atoms with Gasteiger partial charge in [0.2, 0.25) is 17.3 Å². The Labute approximate surface area is 377 Å². The molecule has 8 nitrogen and oxygen atoms in total. The zero-order chi connectivity index (χ0) is 40.7. The molecule has 4 aliphatic rings. The second-order valence-electron chi connectivity index (χ2n) is 15.6. The number of aliphatic imine (C=N–C) groups is 1. The maximum absolute atomic E-state index is 13.0. The topological polar surface area (TPSA) is 127 Å². The van der Waals surface area contributed by atoms with E-state index in [9.17, 15) is 24.0 Å². The van der Waals surface area contributed by atoms with Crippen molar-refractivity contribution >= 4 is 69.1 Å². The van der Waals surface area contributed by atoms with E-state index >= 15 is 0 Å². The van der Waals surface area contributed by atoms with Crippen LogP contribution in [0.25, 0.3) is 0 Å². The molecular weight excluding hydrogens is 826 g/mol. The van der Waals surface area contributed by atoms with Crippen LogP contribution < -0.4 is 22.7 Å². The predicted octanol–water partition coefficient (Wildman–Crippen LogP) is 6.20. The van der Waals surface area contributed by atoms with E-state index in [-0.39, 0.29) is 81.0 Å². The number of nitrogens with two attached hydrogens (primary N) is 1. The van der Waals surface area contributed by atoms with E-state index in [4.69, 9.17) is 22.3 Å². The molecule has 0 radical (unpaired) electrons. The fourth-order valence-corrected chi connectivity index (χ4v) is 8.52. The van der Waals surface area contributed by atoms with Crippen LogP contribution in [0.2, 0.25) is 0 Å². The molecule has 308 valence electrons. The largest absolute Gasteiger partial charge is 2.00 e. The summed E-state index contributed by atoms with van der Waals surface area (Å²) in [5, 5.41) is -0.795. The standard InChI is InChI=1S/C17H23N3O.C15H18O2.C8H11ClO2.C7H7.BrH.Mg/c1-12-8-6-7-11-14(12)17(13-9-4-3-5-10-13)15(21)20(2)16(18)19-17;1-11-7-5-6-10-13(11)15(17)14(16)12-8-3-2-4-9-12;9-8(11)7(10)6-4-2-1-3-5-6;1-7-5-3-2-4-6-7;;/h6-8,11,13H,3-5,9-10H2,1-2H3,(H2,18,19);5-7,10,12H,2-4,8-9H2,1H3;6H,1-5H2;2-5H,1H3;1H;/q;;;-1;;+2/p-1. The molecule has 3 aromatic rings. The van der Waals surface area contributed by atoms with Crippen LogP contribution in [-0.2, 0) is 24.7 Å². The van der Waals surface area contributed by atoms with E-state index in [0.29, 0.717) is 11.5 Å². The summed E-state index contributed by atoms with van der Waals surface area (Å²) in [5.74, 6) is -0.344. The molecule has 0 spiro atoms. The summed E-state index contributed by atoms with van der Waals surface area (Å²) >= 11 is 5.07. The third-order valence-corrected chi connectivity index (χ3v) is 11.8. The molecule has 58 heavy (non-hydrogen) atoms. The number of nitrogens with zero attached hydrogens (tertiary/aromatic N) is 2. The van der Waals surface area contributed by atoms with E-state index in [1.807, 2.05) is 74.5 Å². The van der Waals surface area contributed by atoms with Crippen LogP contribution in [0, 0.1) is 44.6 Å². The van der Waals surface area contributed by atoms with Gasteiger partial charge in [0.05, 0.1) is 0 Å². The van der Waals surface area contributed by atoms with Crippen LogP contribution >= 0.6 is 11.6 Å². The van der Waals surface area contributed by atoms with Crippen molar-refractivity contribution in [3.8, 4) is 0 Å². The van der Waals surface area contributed by atoms with Crippen molar-refractivity contribution < 1.29 is 41.0 Å². The second kappa shape index (κ2) is 25.4. The molecule has 1 unspecified atom stereocenters. The minimum Gasteiger partial charge on any atom is -1.00 e. The Kier molecular flexibility index (Phi) is 22.4. The molecule has 0 saturated heterocycles. The third kappa shape index (κ3) is 13.7. The summed E-state index contributed by atoms with van der Waals surface area (Å²) in [4.78, 5) is 64.9. The predicted molar refractivity (Wildman–Crippen MR) is 229 cm³/mol. The molecule has 3 saturated carbocycles. The zero-order valence-corrected chi connectivity index (χ0v) is 38.5. The first kappa shape index (κ1) is 51.0. The van der Waals surface area contributed by atoms with E-state index in [0.717, 1.165) is 80.9 Å². The van der Waals surface area contributed by atoms with Crippen molar-refractivity contribution in [1.82, 2.24) is 4.90 Å². The zero-order valence-electron chi connectivity index (χ0n) is 34.7. The molecule has 1 amide bonds. The Bertz CT molecular complexity index is 1840. The average molecular weight is 886 g/mol. The van der Waals surface area contributed by atoms with Crippen molar-refractivity contribution in [3.05, 3.63) is 107 Å². The van der Waals surface area contributed by atoms with Crippen molar-refractivity contribution in [3.63, 3.8) is 0 Å². The number of aryl methyl sites for hydroxylation is 3. The third-order valence-electron chi connectivity index (χ3n) is 11.6. The van der Waals surface area contributed by atoms with Crippen LogP contribution in [0.15, 0.2) is 77.8 Å². The first-order valence-corrected chi connectivity index (χ1v) is 20.8. The summed E-state index contributed by atoms with van der Waals surface area (Å²) < 4.78 is 0. The first-order chi connectivity index (χ1) is 26.9. The number of amides is 1. The van der Waals surface area contributed by atoms with E-state index < -0.39 is 10.8 Å². The number of halogens is 2. The van der Waals surface area contributed by atoms with Gasteiger partial charge in [-0.15, -0.1) is 0 Å². The fourth-order valence-electron chi connectivity index (χ4n) is 8.36. The number of rotatable bonds is 7. The molecule has 1 aliphatic heterocycles. The van der Waals surface area contributed by atoms with Crippen LogP contribution in [0.1, 0.15) is 129 Å². The SMILES string of the molecule is Cc1[c-]cccc1.Cc1ccccc1C(=O)C(=O)C1CCCCC1.Cc1ccccc1C1(C2CCCCC2)N=C(N)N(C)C1=O.O=C(Cl)C(=O)C1CCCCC1.[Br-].[Mg+2]. The van der Waals surface area contributed by atoms with Gasteiger partial charge in [-0.3, -0.25) is 28.9 Å². The number of benzene rings is 3. The van der Waals surface area contributed by atoms with Crippen LogP contribution in [0.5, 0.6) is 0 Å². The summed E-state index contributed by atoms with van der Waals surface area (Å²) in [6, 6.07) is 26.4. The second-order valence-corrected chi connectivity index (χ2v) is 16.0. The minimum atomic E-state index is -0.801. The van der Waals surface area contributed by atoms with Gasteiger partial charge in [0.15, 0.2) is 11.5 Å². The van der Waals surface area contributed by atoms with Crippen LogP contribution in [0.4, 0.5) is 0 Å². The average Bonchev–Trinajstić information content (AvgIpc) is 3.46. The van der Waals surface area contributed by atoms with Gasteiger partial charge in [-0.05, 0) is 86.6 Å². The number of carbonyl (C=O) groups is 5. The quantitative estimate of drug-likeness (QED) is 0.0991. The summed E-state index contributed by atoms with van der Waals surface area (Å²) in [6.45, 7) is 5.96. The van der Waals surface area contributed by atoms with Gasteiger partial charge in [0.25, 0.3) is 11.1 Å². The molecule has 11 heteroatoms. The van der Waals surface area contributed by atoms with Crippen molar-refractivity contribution in [2.24, 2.45) is 28.5 Å². The van der Waals surface area contributed by atoms with Crippen molar-refractivity contribution in [1.29, 1.82) is 0 Å². The molecule has 2 N–H and O–H groups in total. The minimum absolute atomic E-state index is 0. The Morgan fingerprint density at radius 2 is 1.19 bits per heavy atom. The number of Topliss-reactive ketones (excluding diaryl/α,β-unsaturated/α-hetero) is 3. The van der Waals surface area contributed by atoms with Gasteiger partial charge < -0.3 is 22.7 Å². The number of guanidine groups is 1. The molecule has 7 rings (SSSR count).